The monoisotopic (exact) mass is 167 g/mol. The second kappa shape index (κ2) is 2.47. The number of nitrogens with zero attached hydrogens (tertiary/aromatic N) is 1. The Bertz CT molecular complexity index is 424. The fraction of sp³-hybridized carbons (Fsp3) is 0.250. The molecule has 1 heteroatoms. The molecule has 0 aromatic carbocycles. The first kappa shape index (κ1) is 6.91. The minimum atomic E-state index is 0.318. The van der Waals surface area contributed by atoms with Crippen LogP contribution in [-0.2, 0) is 0 Å². The summed E-state index contributed by atoms with van der Waals surface area (Å²) in [5.41, 5.74) is 2.35. The van der Waals surface area contributed by atoms with Crippen molar-refractivity contribution in [3.05, 3.63) is 36.0 Å². The van der Waals surface area contributed by atoms with Crippen LogP contribution < -0.4 is 0 Å². The molecule has 2 unspecified atom stereocenters. The summed E-state index contributed by atoms with van der Waals surface area (Å²) in [5.74, 6) is 6.63. The highest BCUT2D eigenvalue weighted by Crippen LogP contribution is 2.32. The van der Waals surface area contributed by atoms with E-state index >= 15 is 0 Å². The van der Waals surface area contributed by atoms with E-state index in [1.165, 1.54) is 5.57 Å². The van der Waals surface area contributed by atoms with Crippen LogP contribution in [0.15, 0.2) is 40.9 Å². The summed E-state index contributed by atoms with van der Waals surface area (Å²) >= 11 is 0. The third-order valence-electron chi connectivity index (χ3n) is 2.65. The van der Waals surface area contributed by atoms with Gasteiger partial charge in [-0.3, -0.25) is 4.99 Å². The van der Waals surface area contributed by atoms with Gasteiger partial charge in [-0.15, -0.1) is 0 Å². The summed E-state index contributed by atoms with van der Waals surface area (Å²) in [6.45, 7) is 0. The summed E-state index contributed by atoms with van der Waals surface area (Å²) in [6, 6.07) is 0.318. The van der Waals surface area contributed by atoms with E-state index in [-0.39, 0.29) is 0 Å². The number of hydrogen-bond acceptors (Lipinski definition) is 1. The summed E-state index contributed by atoms with van der Waals surface area (Å²) in [6.07, 6.45) is 11.6. The van der Waals surface area contributed by atoms with E-state index < -0.39 is 0 Å². The van der Waals surface area contributed by atoms with Gasteiger partial charge in [-0.1, -0.05) is 36.3 Å². The van der Waals surface area contributed by atoms with Crippen LogP contribution in [0.1, 0.15) is 6.42 Å². The molecule has 0 spiro atoms. The molecular formula is C12H9N. The molecule has 13 heavy (non-hydrogen) atoms. The molecule has 1 aliphatic heterocycles. The molecule has 0 N–H and O–H groups in total. The van der Waals surface area contributed by atoms with Gasteiger partial charge < -0.3 is 0 Å². The fourth-order valence-corrected chi connectivity index (χ4v) is 2.02. The van der Waals surface area contributed by atoms with Gasteiger partial charge in [0.15, 0.2) is 0 Å². The van der Waals surface area contributed by atoms with Gasteiger partial charge in [0.2, 0.25) is 0 Å². The Morgan fingerprint density at radius 2 is 2.23 bits per heavy atom. The molecule has 1 heterocycles. The first-order chi connectivity index (χ1) is 6.45. The van der Waals surface area contributed by atoms with Crippen molar-refractivity contribution in [3.8, 4) is 11.8 Å². The average molecular weight is 167 g/mol. The highest BCUT2D eigenvalue weighted by atomic mass is 14.8. The molecule has 2 atom stereocenters. The van der Waals surface area contributed by atoms with E-state index in [0.717, 1.165) is 12.1 Å². The molecule has 0 radical (unpaired) electrons. The normalized spacial score (nSPS) is 32.6. The molecule has 3 aliphatic rings. The molecule has 2 aliphatic carbocycles. The van der Waals surface area contributed by atoms with E-state index in [4.69, 9.17) is 0 Å². The van der Waals surface area contributed by atoms with Crippen molar-refractivity contribution in [1.29, 1.82) is 0 Å². The number of fused-ring (bicyclic) bond motifs is 3. The van der Waals surface area contributed by atoms with Gasteiger partial charge in [0.1, 0.15) is 5.71 Å². The predicted octanol–water partition coefficient (Wildman–Crippen LogP) is 1.89. The van der Waals surface area contributed by atoms with Crippen LogP contribution >= 0.6 is 0 Å². The zero-order valence-electron chi connectivity index (χ0n) is 7.20. The summed E-state index contributed by atoms with van der Waals surface area (Å²) < 4.78 is 0. The number of aliphatic imine (C=N–C) groups is 1. The Hall–Kier alpha value is -1.55. The lowest BCUT2D eigenvalue weighted by Crippen LogP contribution is -2.13. The molecule has 62 valence electrons. The number of rotatable bonds is 0. The lowest BCUT2D eigenvalue weighted by molar-refractivity contribution is 0.703. The van der Waals surface area contributed by atoms with Crippen molar-refractivity contribution >= 4 is 5.71 Å². The van der Waals surface area contributed by atoms with Gasteiger partial charge in [0.05, 0.1) is 6.04 Å². The van der Waals surface area contributed by atoms with Crippen molar-refractivity contribution in [1.82, 2.24) is 0 Å². The van der Waals surface area contributed by atoms with Crippen LogP contribution in [0.4, 0.5) is 0 Å². The maximum Gasteiger partial charge on any atom is 0.111 e. The molecule has 0 saturated carbocycles. The molecule has 0 bridgehead atoms. The van der Waals surface area contributed by atoms with Crippen LogP contribution in [0.2, 0.25) is 0 Å². The minimum absolute atomic E-state index is 0.318. The van der Waals surface area contributed by atoms with Crippen LogP contribution in [0, 0.1) is 17.8 Å². The Kier molecular flexibility index (Phi) is 1.31. The zero-order chi connectivity index (χ0) is 8.67. The molecular weight excluding hydrogens is 158 g/mol. The van der Waals surface area contributed by atoms with Crippen LogP contribution in [0.3, 0.4) is 0 Å². The van der Waals surface area contributed by atoms with Gasteiger partial charge in [0.25, 0.3) is 0 Å². The molecule has 0 aromatic heterocycles. The first-order valence-electron chi connectivity index (χ1n) is 4.57. The molecule has 1 nitrogen and oxygen atoms in total. The Morgan fingerprint density at radius 3 is 3.23 bits per heavy atom. The summed E-state index contributed by atoms with van der Waals surface area (Å²) in [7, 11) is 0. The van der Waals surface area contributed by atoms with Crippen LogP contribution in [-0.4, -0.2) is 11.8 Å². The average Bonchev–Trinajstić information content (AvgIpc) is 2.56. The Balaban J connectivity index is 2.09. The number of allylic oxidation sites excluding steroid dienone is 3. The maximum absolute atomic E-state index is 4.57. The van der Waals surface area contributed by atoms with Gasteiger partial charge in [-0.25, -0.2) is 0 Å². The Labute approximate surface area is 77.6 Å². The molecule has 3 rings (SSSR count). The minimum Gasteiger partial charge on any atom is -0.268 e. The molecule has 0 saturated heterocycles. The predicted molar refractivity (Wildman–Crippen MR) is 53.5 cm³/mol. The second-order valence-corrected chi connectivity index (χ2v) is 3.43. The topological polar surface area (TPSA) is 12.4 Å². The first-order valence-corrected chi connectivity index (χ1v) is 4.57. The number of hydrogen-bond donors (Lipinski definition) is 0. The second-order valence-electron chi connectivity index (χ2n) is 3.43. The maximum atomic E-state index is 4.57. The SMILES string of the molecule is C1#CC2=NC3C=CC=CC3C2=CC1. The lowest BCUT2D eigenvalue weighted by Gasteiger charge is -2.14. The highest BCUT2D eigenvalue weighted by Gasteiger charge is 2.31. The third-order valence-corrected chi connectivity index (χ3v) is 2.65. The van der Waals surface area contributed by atoms with Crippen molar-refractivity contribution in [3.63, 3.8) is 0 Å². The molecule has 0 fully saturated rings. The summed E-state index contributed by atoms with van der Waals surface area (Å²) in [5, 5.41) is 0. The molecule has 0 aromatic rings. The lowest BCUT2D eigenvalue weighted by atomic mass is 9.88. The van der Waals surface area contributed by atoms with Gasteiger partial charge in [-0.2, -0.15) is 0 Å². The fourth-order valence-electron chi connectivity index (χ4n) is 2.02. The highest BCUT2D eigenvalue weighted by molar-refractivity contribution is 6.15. The van der Waals surface area contributed by atoms with E-state index in [9.17, 15) is 0 Å². The van der Waals surface area contributed by atoms with Gasteiger partial charge in [-0.05, 0) is 11.5 Å². The van der Waals surface area contributed by atoms with E-state index in [1.54, 1.807) is 0 Å². The summed E-state index contributed by atoms with van der Waals surface area (Å²) in [4.78, 5) is 4.57. The molecule has 0 amide bonds. The van der Waals surface area contributed by atoms with Crippen molar-refractivity contribution < 1.29 is 0 Å². The van der Waals surface area contributed by atoms with Crippen molar-refractivity contribution in [2.45, 2.75) is 12.5 Å². The quantitative estimate of drug-likeness (QED) is 0.488. The van der Waals surface area contributed by atoms with E-state index in [2.05, 4.69) is 47.2 Å². The van der Waals surface area contributed by atoms with Crippen molar-refractivity contribution in [2.75, 3.05) is 0 Å². The van der Waals surface area contributed by atoms with Crippen LogP contribution in [0.5, 0.6) is 0 Å². The van der Waals surface area contributed by atoms with Crippen LogP contribution in [0.25, 0.3) is 0 Å². The van der Waals surface area contributed by atoms with Gasteiger partial charge >= 0.3 is 0 Å². The third kappa shape index (κ3) is 0.922. The standard InChI is InChI=1S/C12H9N/c1-3-7-11-9(5-1)10-6-2-4-8-12(10)13-11/h1,3,5-7,9,11H,2H2. The smallest absolute Gasteiger partial charge is 0.111 e. The Morgan fingerprint density at radius 1 is 1.31 bits per heavy atom. The van der Waals surface area contributed by atoms with Gasteiger partial charge in [0, 0.05) is 12.3 Å². The van der Waals surface area contributed by atoms with Crippen molar-refractivity contribution in [2.24, 2.45) is 10.9 Å². The van der Waals surface area contributed by atoms with E-state index in [0.29, 0.717) is 12.0 Å². The van der Waals surface area contributed by atoms with E-state index in [1.807, 2.05) is 0 Å². The largest absolute Gasteiger partial charge is 0.268 e. The zero-order valence-corrected chi connectivity index (χ0v) is 7.20.